The Kier molecular flexibility index (Phi) is 9.09. The number of carbonyl (C=O) groups is 1. The molecule has 1 aromatic heterocycles. The molecule has 4 N–H and O–H groups in total. The van der Waals surface area contributed by atoms with Crippen molar-refractivity contribution < 1.29 is 51.9 Å². The zero-order valence-corrected chi connectivity index (χ0v) is 23.9. The van der Waals surface area contributed by atoms with Gasteiger partial charge in [-0.25, -0.2) is 26.6 Å². The molecule has 1 aliphatic heterocycles. The van der Waals surface area contributed by atoms with E-state index in [2.05, 4.69) is 10.3 Å². The maximum absolute atomic E-state index is 14.0. The van der Waals surface area contributed by atoms with Crippen LogP contribution >= 0.6 is 11.8 Å². The first-order valence-electron chi connectivity index (χ1n) is 14.0. The van der Waals surface area contributed by atoms with E-state index in [9.17, 15) is 47.2 Å². The molecule has 1 aromatic carbocycles. The first-order valence-corrected chi connectivity index (χ1v) is 14.9. The number of hydrogen-bond acceptors (Lipinski definition) is 9. The zero-order chi connectivity index (χ0) is 31.3. The maximum atomic E-state index is 14.0. The topological polar surface area (TPSA) is 141 Å². The number of nitrogens with zero attached hydrogens (tertiary/aromatic N) is 4. The van der Waals surface area contributed by atoms with Crippen LogP contribution in [0.1, 0.15) is 51.0 Å². The van der Waals surface area contributed by atoms with Crippen LogP contribution in [0, 0.1) is 17.5 Å². The number of benzene rings is 1. The van der Waals surface area contributed by atoms with Crippen molar-refractivity contribution in [3.63, 3.8) is 0 Å². The summed E-state index contributed by atoms with van der Waals surface area (Å²) in [5.41, 5.74) is -3.53. The minimum absolute atomic E-state index is 0.0871. The lowest BCUT2D eigenvalue weighted by atomic mass is 9.79. The number of carbonyl (C=O) groups excluding carboxylic acids is 1. The summed E-state index contributed by atoms with van der Waals surface area (Å²) in [5.74, 6) is -8.12. The molecule has 3 aliphatic rings. The van der Waals surface area contributed by atoms with Gasteiger partial charge in [0, 0.05) is 31.5 Å². The third kappa shape index (κ3) is 6.27. The molecular weight excluding hydrogens is 603 g/mol. The molecule has 238 valence electrons. The molecule has 16 heteroatoms. The third-order valence-electron chi connectivity index (χ3n) is 8.74. The summed E-state index contributed by atoms with van der Waals surface area (Å²) >= 11 is 0.713. The average Bonchev–Trinajstić information content (AvgIpc) is 3.41. The molecular formula is C27H33F5N4O6S. The van der Waals surface area contributed by atoms with E-state index in [0.29, 0.717) is 23.9 Å². The Bertz CT molecular complexity index is 1300. The summed E-state index contributed by atoms with van der Waals surface area (Å²) in [6.07, 6.45) is -3.03. The summed E-state index contributed by atoms with van der Waals surface area (Å²) in [4.78, 5) is 15.2. The van der Waals surface area contributed by atoms with E-state index in [-0.39, 0.29) is 30.1 Å². The first-order chi connectivity index (χ1) is 20.2. The highest BCUT2D eigenvalue weighted by atomic mass is 32.2. The second-order valence-electron chi connectivity index (χ2n) is 11.5. The van der Waals surface area contributed by atoms with Crippen molar-refractivity contribution in [1.82, 2.24) is 19.9 Å². The fourth-order valence-electron chi connectivity index (χ4n) is 5.75. The van der Waals surface area contributed by atoms with Crippen LogP contribution in [0.3, 0.4) is 0 Å². The second kappa shape index (κ2) is 12.2. The smallest absolute Gasteiger partial charge is 0.248 e. The van der Waals surface area contributed by atoms with E-state index < -0.39 is 89.4 Å². The summed E-state index contributed by atoms with van der Waals surface area (Å²) < 4.78 is 75.9. The van der Waals surface area contributed by atoms with Crippen molar-refractivity contribution in [3.05, 3.63) is 35.8 Å². The third-order valence-corrected chi connectivity index (χ3v) is 10.3. The van der Waals surface area contributed by atoms with Gasteiger partial charge in [-0.05, 0) is 44.2 Å². The van der Waals surface area contributed by atoms with Gasteiger partial charge in [-0.1, -0.05) is 5.21 Å². The number of alkyl halides is 2. The molecule has 0 bridgehead atoms. The van der Waals surface area contributed by atoms with Crippen molar-refractivity contribution in [2.45, 2.75) is 97.6 Å². The summed E-state index contributed by atoms with van der Waals surface area (Å²) in [7, 11) is 1.57. The van der Waals surface area contributed by atoms with Gasteiger partial charge >= 0.3 is 0 Å². The average molecular weight is 637 g/mol. The largest absolute Gasteiger partial charge is 0.394 e. The molecule has 0 unspecified atom stereocenters. The molecule has 2 saturated carbocycles. The normalized spacial score (nSPS) is 29.6. The van der Waals surface area contributed by atoms with Gasteiger partial charge < -0.3 is 30.1 Å². The van der Waals surface area contributed by atoms with Crippen LogP contribution in [0.4, 0.5) is 22.0 Å². The Hall–Kier alpha value is -2.37. The number of aliphatic hydroxyl groups is 4. The molecule has 6 atom stereocenters. The van der Waals surface area contributed by atoms with Crippen LogP contribution in [0.2, 0.25) is 0 Å². The number of halogens is 5. The van der Waals surface area contributed by atoms with Crippen molar-refractivity contribution in [3.8, 4) is 11.3 Å². The molecule has 10 nitrogen and oxygen atoms in total. The van der Waals surface area contributed by atoms with E-state index in [4.69, 9.17) is 4.74 Å². The van der Waals surface area contributed by atoms with Crippen LogP contribution in [0.5, 0.6) is 0 Å². The number of ether oxygens (including phenoxy) is 1. The minimum atomic E-state index is -3.00. The highest BCUT2D eigenvalue weighted by Crippen LogP contribution is 2.47. The van der Waals surface area contributed by atoms with Crippen molar-refractivity contribution in [2.75, 3.05) is 13.7 Å². The van der Waals surface area contributed by atoms with Gasteiger partial charge in [0.15, 0.2) is 17.5 Å². The molecule has 0 spiro atoms. The molecule has 1 saturated heterocycles. The van der Waals surface area contributed by atoms with Gasteiger partial charge in [-0.2, -0.15) is 0 Å². The number of amides is 1. The van der Waals surface area contributed by atoms with Crippen LogP contribution in [0.25, 0.3) is 11.3 Å². The van der Waals surface area contributed by atoms with Gasteiger partial charge in [0.05, 0.1) is 18.4 Å². The van der Waals surface area contributed by atoms with Gasteiger partial charge in [0.25, 0.3) is 0 Å². The fraction of sp³-hybridized carbons (Fsp3) is 0.667. The molecule has 43 heavy (non-hydrogen) atoms. The standard InChI is InChI=1S/C27H33F5N4O6S/c1-35(14-3-2-4-14)24(40)23(26(41)5-7-27(31,32)8-6-26)43-25-22(39)20(21(38)18(12-37)42-25)36-11-17(33-34-36)13-9-15(28)19(30)16(29)10-13/h9-11,14,18,20-23,25,37-39,41H,2-8,12H2,1H3/t18-,20+,21+,22-,23-,25+/m1/s1. The van der Waals surface area contributed by atoms with Crippen molar-refractivity contribution >= 4 is 17.7 Å². The monoisotopic (exact) mass is 636 g/mol. The first kappa shape index (κ1) is 32.0. The fourth-order valence-corrected chi connectivity index (χ4v) is 7.32. The van der Waals surface area contributed by atoms with Crippen LogP contribution in [-0.4, -0.2) is 106 Å². The summed E-state index contributed by atoms with van der Waals surface area (Å²) in [5, 5.41) is 50.2. The Morgan fingerprint density at radius 1 is 1.14 bits per heavy atom. The number of rotatable bonds is 8. The molecule has 2 aromatic rings. The Morgan fingerprint density at radius 3 is 2.33 bits per heavy atom. The quantitative estimate of drug-likeness (QED) is 0.254. The van der Waals surface area contributed by atoms with Gasteiger partial charge in [0.2, 0.25) is 11.8 Å². The molecule has 2 aliphatic carbocycles. The number of aromatic nitrogens is 3. The van der Waals surface area contributed by atoms with Crippen molar-refractivity contribution in [2.24, 2.45) is 0 Å². The lowest BCUT2D eigenvalue weighted by Gasteiger charge is -2.47. The van der Waals surface area contributed by atoms with E-state index in [1.54, 1.807) is 7.05 Å². The Labute approximate surface area is 247 Å². The van der Waals surface area contributed by atoms with E-state index >= 15 is 0 Å². The van der Waals surface area contributed by atoms with Crippen LogP contribution < -0.4 is 0 Å². The summed E-state index contributed by atoms with van der Waals surface area (Å²) in [6.45, 7) is -0.728. The van der Waals surface area contributed by atoms with Crippen molar-refractivity contribution in [1.29, 1.82) is 0 Å². The SMILES string of the molecule is CN(C(=O)[C@@H](S[C@@H]1O[C@H](CO)[C@H](O)[C@H](n2cc(-c3cc(F)c(F)c(F)c3)nn2)[C@H]1O)C1(O)CCC(F)(F)CC1)C1CCC1. The Balaban J connectivity index is 1.44. The molecule has 0 radical (unpaired) electrons. The predicted molar refractivity (Wildman–Crippen MR) is 142 cm³/mol. The predicted octanol–water partition coefficient (Wildman–Crippen LogP) is 2.40. The Morgan fingerprint density at radius 2 is 1.77 bits per heavy atom. The van der Waals surface area contributed by atoms with E-state index in [0.717, 1.165) is 30.1 Å². The molecule has 2 heterocycles. The zero-order valence-electron chi connectivity index (χ0n) is 23.1. The highest BCUT2D eigenvalue weighted by Gasteiger charge is 2.54. The minimum Gasteiger partial charge on any atom is -0.394 e. The van der Waals surface area contributed by atoms with Gasteiger partial charge in [-0.15, -0.1) is 16.9 Å². The lowest BCUT2D eigenvalue weighted by Crippen LogP contribution is -2.59. The van der Waals surface area contributed by atoms with Crippen LogP contribution in [-0.2, 0) is 9.53 Å². The number of thioether (sulfide) groups is 1. The van der Waals surface area contributed by atoms with Crippen LogP contribution in [0.15, 0.2) is 18.3 Å². The maximum Gasteiger partial charge on any atom is 0.248 e. The highest BCUT2D eigenvalue weighted by molar-refractivity contribution is 8.01. The second-order valence-corrected chi connectivity index (χ2v) is 12.8. The van der Waals surface area contributed by atoms with E-state index in [1.807, 2.05) is 0 Å². The number of aliphatic hydroxyl groups excluding tert-OH is 3. The lowest BCUT2D eigenvalue weighted by molar-refractivity contribution is -0.179. The molecule has 5 rings (SSSR count). The molecule has 3 fully saturated rings. The van der Waals surface area contributed by atoms with Gasteiger partial charge in [0.1, 0.15) is 40.7 Å². The number of hydrogen-bond donors (Lipinski definition) is 4. The summed E-state index contributed by atoms with van der Waals surface area (Å²) in [6, 6.07) is -0.0644. The van der Waals surface area contributed by atoms with Gasteiger partial charge in [-0.3, -0.25) is 4.79 Å². The van der Waals surface area contributed by atoms with E-state index in [1.165, 1.54) is 4.90 Å². The molecule has 1 amide bonds.